The Balaban J connectivity index is 2.15. The minimum atomic E-state index is 0.103. The molecule has 92 valence electrons. The molecule has 0 atom stereocenters. The third kappa shape index (κ3) is 2.78. The van der Waals surface area contributed by atoms with Gasteiger partial charge in [0.15, 0.2) is 0 Å². The van der Waals surface area contributed by atoms with Crippen LogP contribution in [0.4, 0.5) is 11.4 Å². The van der Waals surface area contributed by atoms with Crippen LogP contribution in [0.25, 0.3) is 0 Å². The predicted octanol–water partition coefficient (Wildman–Crippen LogP) is 2.81. The van der Waals surface area contributed by atoms with Crippen LogP contribution in [-0.4, -0.2) is 19.5 Å². The fourth-order valence-electron chi connectivity index (χ4n) is 2.29. The number of fused-ring (bicyclic) bond motifs is 1. The third-order valence-electron chi connectivity index (χ3n) is 3.20. The molecule has 1 heterocycles. The SMILES string of the molecule is CCCC(=O)Nc1ccc2c(c1)N(C)CCC2. The summed E-state index contributed by atoms with van der Waals surface area (Å²) in [5.41, 5.74) is 3.55. The maximum atomic E-state index is 11.5. The number of benzene rings is 1. The Bertz CT molecular complexity index is 415. The van der Waals surface area contributed by atoms with Crippen LogP contribution in [0.15, 0.2) is 18.2 Å². The molecule has 0 aromatic heterocycles. The first-order valence-corrected chi connectivity index (χ1v) is 6.34. The van der Waals surface area contributed by atoms with Gasteiger partial charge in [-0.05, 0) is 37.0 Å². The number of carbonyl (C=O) groups is 1. The summed E-state index contributed by atoms with van der Waals surface area (Å²) in [6, 6.07) is 6.22. The third-order valence-corrected chi connectivity index (χ3v) is 3.20. The number of hydrogen-bond acceptors (Lipinski definition) is 2. The highest BCUT2D eigenvalue weighted by molar-refractivity contribution is 5.91. The molecule has 2 rings (SSSR count). The lowest BCUT2D eigenvalue weighted by Gasteiger charge is -2.28. The summed E-state index contributed by atoms with van der Waals surface area (Å²) >= 11 is 0. The van der Waals surface area contributed by atoms with Crippen molar-refractivity contribution in [1.29, 1.82) is 0 Å². The van der Waals surface area contributed by atoms with Gasteiger partial charge in [0.1, 0.15) is 0 Å². The largest absolute Gasteiger partial charge is 0.374 e. The van der Waals surface area contributed by atoms with Gasteiger partial charge in [-0.25, -0.2) is 0 Å². The van der Waals surface area contributed by atoms with Gasteiger partial charge in [0.05, 0.1) is 0 Å². The first-order chi connectivity index (χ1) is 8.20. The van der Waals surface area contributed by atoms with Crippen LogP contribution in [0.5, 0.6) is 0 Å². The normalized spacial score (nSPS) is 14.4. The summed E-state index contributed by atoms with van der Waals surface area (Å²) in [5.74, 6) is 0.103. The van der Waals surface area contributed by atoms with Crippen LogP contribution in [0.1, 0.15) is 31.7 Å². The highest BCUT2D eigenvalue weighted by Gasteiger charge is 2.14. The average molecular weight is 232 g/mol. The Morgan fingerprint density at radius 1 is 1.47 bits per heavy atom. The first kappa shape index (κ1) is 12.0. The highest BCUT2D eigenvalue weighted by atomic mass is 16.1. The van der Waals surface area contributed by atoms with E-state index >= 15 is 0 Å². The molecule has 0 radical (unpaired) electrons. The molecular weight excluding hydrogens is 212 g/mol. The summed E-state index contributed by atoms with van der Waals surface area (Å²) in [7, 11) is 2.11. The van der Waals surface area contributed by atoms with E-state index in [9.17, 15) is 4.79 Å². The van der Waals surface area contributed by atoms with Crippen LogP contribution in [0, 0.1) is 0 Å². The van der Waals surface area contributed by atoms with Gasteiger partial charge in [-0.2, -0.15) is 0 Å². The highest BCUT2D eigenvalue weighted by Crippen LogP contribution is 2.28. The Labute approximate surface area is 103 Å². The van der Waals surface area contributed by atoms with E-state index in [0.29, 0.717) is 6.42 Å². The van der Waals surface area contributed by atoms with E-state index < -0.39 is 0 Å². The van der Waals surface area contributed by atoms with Crippen molar-refractivity contribution in [2.75, 3.05) is 23.8 Å². The molecule has 1 N–H and O–H groups in total. The van der Waals surface area contributed by atoms with Crippen molar-refractivity contribution >= 4 is 17.3 Å². The standard InChI is InChI=1S/C14H20N2O/c1-3-5-14(17)15-12-8-7-11-6-4-9-16(2)13(11)10-12/h7-8,10H,3-6,9H2,1-2H3,(H,15,17). The molecule has 1 aliphatic rings. The van der Waals surface area contributed by atoms with Gasteiger partial charge in [0.2, 0.25) is 5.91 Å². The second-order valence-electron chi connectivity index (χ2n) is 4.67. The van der Waals surface area contributed by atoms with Gasteiger partial charge in [-0.1, -0.05) is 13.0 Å². The van der Waals surface area contributed by atoms with Gasteiger partial charge in [0.25, 0.3) is 0 Å². The maximum absolute atomic E-state index is 11.5. The molecule has 1 amide bonds. The van der Waals surface area contributed by atoms with Gasteiger partial charge in [0, 0.05) is 31.4 Å². The van der Waals surface area contributed by atoms with Crippen molar-refractivity contribution in [1.82, 2.24) is 0 Å². The number of amides is 1. The zero-order valence-electron chi connectivity index (χ0n) is 10.6. The van der Waals surface area contributed by atoms with E-state index in [-0.39, 0.29) is 5.91 Å². The molecule has 1 aliphatic heterocycles. The number of hydrogen-bond donors (Lipinski definition) is 1. The second-order valence-corrected chi connectivity index (χ2v) is 4.67. The number of rotatable bonds is 3. The number of aryl methyl sites for hydroxylation is 1. The summed E-state index contributed by atoms with van der Waals surface area (Å²) in [4.78, 5) is 13.8. The Morgan fingerprint density at radius 2 is 2.29 bits per heavy atom. The number of nitrogens with zero attached hydrogens (tertiary/aromatic N) is 1. The van der Waals surface area contributed by atoms with Crippen LogP contribution >= 0.6 is 0 Å². The lowest BCUT2D eigenvalue weighted by Crippen LogP contribution is -2.24. The molecule has 0 aliphatic carbocycles. The van der Waals surface area contributed by atoms with Crippen molar-refractivity contribution in [3.05, 3.63) is 23.8 Å². The zero-order valence-corrected chi connectivity index (χ0v) is 10.6. The van der Waals surface area contributed by atoms with Crippen molar-refractivity contribution in [2.24, 2.45) is 0 Å². The van der Waals surface area contributed by atoms with Crippen molar-refractivity contribution in [3.63, 3.8) is 0 Å². The van der Waals surface area contributed by atoms with Crippen LogP contribution < -0.4 is 10.2 Å². The number of anilines is 2. The summed E-state index contributed by atoms with van der Waals surface area (Å²) in [6.07, 6.45) is 3.83. The molecular formula is C14H20N2O. The molecule has 3 heteroatoms. The van der Waals surface area contributed by atoms with E-state index in [1.165, 1.54) is 17.7 Å². The molecule has 0 bridgehead atoms. The lowest BCUT2D eigenvalue weighted by molar-refractivity contribution is -0.116. The topological polar surface area (TPSA) is 32.3 Å². The Morgan fingerprint density at radius 3 is 3.06 bits per heavy atom. The van der Waals surface area contributed by atoms with Crippen LogP contribution in [-0.2, 0) is 11.2 Å². The first-order valence-electron chi connectivity index (χ1n) is 6.34. The van der Waals surface area contributed by atoms with Crippen molar-refractivity contribution in [2.45, 2.75) is 32.6 Å². The fraction of sp³-hybridized carbons (Fsp3) is 0.500. The number of nitrogens with one attached hydrogen (secondary N) is 1. The smallest absolute Gasteiger partial charge is 0.224 e. The zero-order chi connectivity index (χ0) is 12.3. The maximum Gasteiger partial charge on any atom is 0.224 e. The quantitative estimate of drug-likeness (QED) is 0.869. The molecule has 0 unspecified atom stereocenters. The van der Waals surface area contributed by atoms with Crippen molar-refractivity contribution < 1.29 is 4.79 Å². The second kappa shape index (κ2) is 5.21. The minimum Gasteiger partial charge on any atom is -0.374 e. The van der Waals surface area contributed by atoms with Crippen LogP contribution in [0.2, 0.25) is 0 Å². The van der Waals surface area contributed by atoms with E-state index in [4.69, 9.17) is 0 Å². The molecule has 0 saturated carbocycles. The summed E-state index contributed by atoms with van der Waals surface area (Å²) in [6.45, 7) is 3.11. The van der Waals surface area contributed by atoms with Gasteiger partial charge in [-0.3, -0.25) is 4.79 Å². The van der Waals surface area contributed by atoms with E-state index in [2.05, 4.69) is 29.4 Å². The molecule has 0 saturated heterocycles. The van der Waals surface area contributed by atoms with Gasteiger partial charge in [-0.15, -0.1) is 0 Å². The van der Waals surface area contributed by atoms with E-state index in [0.717, 1.165) is 25.1 Å². The van der Waals surface area contributed by atoms with E-state index in [1.54, 1.807) is 0 Å². The fourth-order valence-corrected chi connectivity index (χ4v) is 2.29. The monoisotopic (exact) mass is 232 g/mol. The van der Waals surface area contributed by atoms with Crippen LogP contribution in [0.3, 0.4) is 0 Å². The molecule has 0 fully saturated rings. The number of carbonyl (C=O) groups excluding carboxylic acids is 1. The van der Waals surface area contributed by atoms with E-state index in [1.807, 2.05) is 13.0 Å². The predicted molar refractivity (Wildman–Crippen MR) is 71.6 cm³/mol. The Kier molecular flexibility index (Phi) is 3.67. The lowest BCUT2D eigenvalue weighted by atomic mass is 10.0. The van der Waals surface area contributed by atoms with Gasteiger partial charge >= 0.3 is 0 Å². The molecule has 17 heavy (non-hydrogen) atoms. The average Bonchev–Trinajstić information content (AvgIpc) is 2.30. The molecule has 1 aromatic rings. The molecule has 1 aromatic carbocycles. The van der Waals surface area contributed by atoms with Gasteiger partial charge < -0.3 is 10.2 Å². The molecule has 0 spiro atoms. The Hall–Kier alpha value is -1.51. The molecule has 3 nitrogen and oxygen atoms in total. The minimum absolute atomic E-state index is 0.103. The summed E-state index contributed by atoms with van der Waals surface area (Å²) in [5, 5.41) is 2.95. The van der Waals surface area contributed by atoms with Crippen molar-refractivity contribution in [3.8, 4) is 0 Å². The summed E-state index contributed by atoms with van der Waals surface area (Å²) < 4.78 is 0.